The molecule has 0 amide bonds. The molecule has 0 saturated carbocycles. The molecule has 2 rings (SSSR count). The average molecular weight is 308 g/mol. The number of rotatable bonds is 5. The van der Waals surface area contributed by atoms with Crippen LogP contribution in [0.3, 0.4) is 0 Å². The molecule has 0 aliphatic rings. The van der Waals surface area contributed by atoms with E-state index < -0.39 is 0 Å². The lowest BCUT2D eigenvalue weighted by molar-refractivity contribution is 0.185. The maximum absolute atomic E-state index is 5.20. The second kappa shape index (κ2) is 6.47. The van der Waals surface area contributed by atoms with Crippen LogP contribution in [0.15, 0.2) is 41.3 Å². The monoisotopic (exact) mass is 307 g/mol. The average Bonchev–Trinajstić information content (AvgIpc) is 2.41. The van der Waals surface area contributed by atoms with Gasteiger partial charge in [0.05, 0.1) is 25.0 Å². The van der Waals surface area contributed by atoms with Gasteiger partial charge in [-0.3, -0.25) is 9.97 Å². The summed E-state index contributed by atoms with van der Waals surface area (Å²) in [5.74, 6) is 0. The molecule has 0 radical (unpaired) electrons. The number of anilines is 1. The zero-order chi connectivity index (χ0) is 12.8. The summed E-state index contributed by atoms with van der Waals surface area (Å²) in [6, 6.07) is 6.01. The Labute approximate surface area is 115 Å². The second-order valence-electron chi connectivity index (χ2n) is 3.75. The highest BCUT2D eigenvalue weighted by atomic mass is 79.9. The van der Waals surface area contributed by atoms with E-state index in [9.17, 15) is 0 Å². The molecule has 0 unspecified atom stereocenters. The van der Waals surface area contributed by atoms with Crippen LogP contribution in [0.1, 0.15) is 11.3 Å². The van der Waals surface area contributed by atoms with Crippen molar-refractivity contribution in [2.45, 2.75) is 13.2 Å². The van der Waals surface area contributed by atoms with Crippen LogP contribution in [0.25, 0.3) is 0 Å². The largest absolute Gasteiger partial charge is 0.380 e. The number of nitrogens with zero attached hydrogens (tertiary/aromatic N) is 2. The molecule has 1 N–H and O–H groups in total. The number of benzene rings is 1. The quantitative estimate of drug-likeness (QED) is 0.922. The molecule has 1 aromatic heterocycles. The van der Waals surface area contributed by atoms with E-state index in [2.05, 4.69) is 31.2 Å². The van der Waals surface area contributed by atoms with Gasteiger partial charge in [0.2, 0.25) is 0 Å². The van der Waals surface area contributed by atoms with Gasteiger partial charge in [-0.2, -0.15) is 0 Å². The molecule has 0 atom stereocenters. The number of nitrogens with one attached hydrogen (secondary N) is 1. The summed E-state index contributed by atoms with van der Waals surface area (Å²) in [5.41, 5.74) is 3.04. The Morgan fingerprint density at radius 3 is 2.94 bits per heavy atom. The highest BCUT2D eigenvalue weighted by Gasteiger charge is 2.06. The highest BCUT2D eigenvalue weighted by molar-refractivity contribution is 9.10. The molecule has 94 valence electrons. The van der Waals surface area contributed by atoms with Crippen LogP contribution >= 0.6 is 15.9 Å². The third-order valence-corrected chi connectivity index (χ3v) is 3.23. The first-order valence-corrected chi connectivity index (χ1v) is 6.35. The Balaban J connectivity index is 2.11. The molecule has 0 aliphatic heterocycles. The Hall–Kier alpha value is -1.46. The summed E-state index contributed by atoms with van der Waals surface area (Å²) in [7, 11) is 1.69. The number of methoxy groups -OCH3 is 1. The first-order valence-electron chi connectivity index (χ1n) is 5.56. The molecule has 0 bridgehead atoms. The van der Waals surface area contributed by atoms with E-state index in [0.717, 1.165) is 21.4 Å². The Kier molecular flexibility index (Phi) is 4.66. The molecule has 4 nitrogen and oxygen atoms in total. The summed E-state index contributed by atoms with van der Waals surface area (Å²) in [6.07, 6.45) is 5.11. The lowest BCUT2D eigenvalue weighted by Gasteiger charge is -2.12. The Bertz CT molecular complexity index is 505. The number of hydrogen-bond acceptors (Lipinski definition) is 4. The number of hydrogen-bond donors (Lipinski definition) is 1. The second-order valence-corrected chi connectivity index (χ2v) is 4.60. The fraction of sp³-hybridized carbons (Fsp3) is 0.231. The van der Waals surface area contributed by atoms with Crippen molar-refractivity contribution in [1.29, 1.82) is 0 Å². The van der Waals surface area contributed by atoms with E-state index in [4.69, 9.17) is 4.74 Å². The van der Waals surface area contributed by atoms with Gasteiger partial charge in [-0.15, -0.1) is 0 Å². The minimum Gasteiger partial charge on any atom is -0.380 e. The molecular weight excluding hydrogens is 294 g/mol. The van der Waals surface area contributed by atoms with Crippen LogP contribution in [-0.2, 0) is 17.9 Å². The normalized spacial score (nSPS) is 10.3. The van der Waals surface area contributed by atoms with Gasteiger partial charge in [-0.05, 0) is 12.1 Å². The highest BCUT2D eigenvalue weighted by Crippen LogP contribution is 2.25. The van der Waals surface area contributed by atoms with Gasteiger partial charge in [0.25, 0.3) is 0 Å². The third kappa shape index (κ3) is 3.27. The van der Waals surface area contributed by atoms with Gasteiger partial charge < -0.3 is 10.1 Å². The van der Waals surface area contributed by atoms with E-state index >= 15 is 0 Å². The summed E-state index contributed by atoms with van der Waals surface area (Å²) in [4.78, 5) is 8.26. The van der Waals surface area contributed by atoms with Crippen molar-refractivity contribution in [3.05, 3.63) is 52.5 Å². The fourth-order valence-electron chi connectivity index (χ4n) is 1.62. The maximum Gasteiger partial charge on any atom is 0.0777 e. The topological polar surface area (TPSA) is 47.0 Å². The van der Waals surface area contributed by atoms with Crippen molar-refractivity contribution in [2.24, 2.45) is 0 Å². The van der Waals surface area contributed by atoms with E-state index in [0.29, 0.717) is 13.2 Å². The fourth-order valence-corrected chi connectivity index (χ4v) is 2.10. The van der Waals surface area contributed by atoms with Crippen molar-refractivity contribution in [1.82, 2.24) is 9.97 Å². The molecule has 0 saturated heterocycles. The van der Waals surface area contributed by atoms with Crippen molar-refractivity contribution in [3.63, 3.8) is 0 Å². The number of halogens is 1. The summed E-state index contributed by atoms with van der Waals surface area (Å²) >= 11 is 3.53. The van der Waals surface area contributed by atoms with Crippen LogP contribution in [0.4, 0.5) is 5.69 Å². The standard InChI is InChI=1S/C13H14BrN3O/c1-18-9-11-12(14)3-2-4-13(11)17-8-10-7-15-5-6-16-10/h2-7,17H,8-9H2,1H3. The van der Waals surface area contributed by atoms with E-state index in [1.807, 2.05) is 18.2 Å². The lowest BCUT2D eigenvalue weighted by atomic mass is 10.2. The zero-order valence-corrected chi connectivity index (χ0v) is 11.6. The van der Waals surface area contributed by atoms with Crippen LogP contribution in [-0.4, -0.2) is 17.1 Å². The number of aromatic nitrogens is 2. The Morgan fingerprint density at radius 1 is 1.33 bits per heavy atom. The molecule has 1 aromatic carbocycles. The van der Waals surface area contributed by atoms with Gasteiger partial charge in [0, 0.05) is 35.2 Å². The van der Waals surface area contributed by atoms with E-state index in [-0.39, 0.29) is 0 Å². The van der Waals surface area contributed by atoms with Gasteiger partial charge in [0.15, 0.2) is 0 Å². The van der Waals surface area contributed by atoms with E-state index in [1.54, 1.807) is 25.7 Å². The molecule has 0 fully saturated rings. The van der Waals surface area contributed by atoms with Crippen molar-refractivity contribution in [2.75, 3.05) is 12.4 Å². The first kappa shape index (κ1) is 13.0. The number of ether oxygens (including phenoxy) is 1. The maximum atomic E-state index is 5.20. The van der Waals surface area contributed by atoms with E-state index in [1.165, 1.54) is 0 Å². The van der Waals surface area contributed by atoms with Crippen molar-refractivity contribution < 1.29 is 4.74 Å². The zero-order valence-electron chi connectivity index (χ0n) is 10.1. The van der Waals surface area contributed by atoms with Gasteiger partial charge >= 0.3 is 0 Å². The van der Waals surface area contributed by atoms with Gasteiger partial charge in [-0.1, -0.05) is 22.0 Å². The Morgan fingerprint density at radius 2 is 2.22 bits per heavy atom. The predicted octanol–water partition coefficient (Wildman–Crippen LogP) is 3.00. The van der Waals surface area contributed by atoms with Crippen molar-refractivity contribution in [3.8, 4) is 0 Å². The van der Waals surface area contributed by atoms with Crippen LogP contribution in [0.5, 0.6) is 0 Å². The molecule has 18 heavy (non-hydrogen) atoms. The molecule has 2 aromatic rings. The molecule has 0 spiro atoms. The van der Waals surface area contributed by atoms with Gasteiger partial charge in [-0.25, -0.2) is 0 Å². The van der Waals surface area contributed by atoms with Crippen LogP contribution < -0.4 is 5.32 Å². The van der Waals surface area contributed by atoms with Crippen LogP contribution in [0.2, 0.25) is 0 Å². The SMILES string of the molecule is COCc1c(Br)cccc1NCc1cnccn1. The van der Waals surface area contributed by atoms with Crippen LogP contribution in [0, 0.1) is 0 Å². The minimum absolute atomic E-state index is 0.560. The summed E-state index contributed by atoms with van der Waals surface area (Å²) in [5, 5.41) is 3.34. The molecule has 5 heteroatoms. The van der Waals surface area contributed by atoms with Gasteiger partial charge in [0.1, 0.15) is 0 Å². The molecular formula is C13H14BrN3O. The van der Waals surface area contributed by atoms with Crippen molar-refractivity contribution >= 4 is 21.6 Å². The third-order valence-electron chi connectivity index (χ3n) is 2.48. The smallest absolute Gasteiger partial charge is 0.0777 e. The first-order chi connectivity index (χ1) is 8.81. The molecule has 1 heterocycles. The lowest BCUT2D eigenvalue weighted by Crippen LogP contribution is -2.05. The predicted molar refractivity (Wildman–Crippen MR) is 74.2 cm³/mol. The molecule has 0 aliphatic carbocycles. The summed E-state index contributed by atoms with van der Waals surface area (Å²) in [6.45, 7) is 1.20. The summed E-state index contributed by atoms with van der Waals surface area (Å²) < 4.78 is 6.24. The minimum atomic E-state index is 0.560.